The number of aliphatic hydroxyl groups excluding tert-OH is 1. The van der Waals surface area contributed by atoms with Crippen LogP contribution in [0.2, 0.25) is 5.02 Å². The van der Waals surface area contributed by atoms with Crippen molar-refractivity contribution < 1.29 is 14.6 Å². The fraction of sp³-hybridized carbons (Fsp3) is 0.133. The molecule has 1 unspecified atom stereocenters. The molecule has 0 heterocycles. The van der Waals surface area contributed by atoms with Crippen molar-refractivity contribution >= 4 is 17.5 Å². The van der Waals surface area contributed by atoms with E-state index in [4.69, 9.17) is 22.1 Å². The Balaban J connectivity index is 2.33. The van der Waals surface area contributed by atoms with Crippen LogP contribution in [0.1, 0.15) is 28.9 Å². The van der Waals surface area contributed by atoms with Crippen LogP contribution < -0.4 is 10.5 Å². The van der Waals surface area contributed by atoms with Gasteiger partial charge in [-0.25, -0.2) is 0 Å². The van der Waals surface area contributed by atoms with Crippen LogP contribution in [-0.2, 0) is 0 Å². The third-order valence-electron chi connectivity index (χ3n) is 2.81. The van der Waals surface area contributed by atoms with E-state index in [1.807, 2.05) is 0 Å². The van der Waals surface area contributed by atoms with Crippen molar-refractivity contribution in [2.24, 2.45) is 5.73 Å². The lowest BCUT2D eigenvalue weighted by Gasteiger charge is -2.12. The summed E-state index contributed by atoms with van der Waals surface area (Å²) in [7, 11) is 0. The molecule has 3 N–H and O–H groups in total. The number of aliphatic hydroxyl groups is 1. The lowest BCUT2D eigenvalue weighted by atomic mass is 10.1. The maximum Gasteiger partial charge on any atom is 0.252 e. The number of nitrogens with two attached hydrogens (primary N) is 1. The second kappa shape index (κ2) is 5.94. The van der Waals surface area contributed by atoms with Crippen molar-refractivity contribution in [3.63, 3.8) is 0 Å². The van der Waals surface area contributed by atoms with Crippen LogP contribution >= 0.6 is 11.6 Å². The quantitative estimate of drug-likeness (QED) is 0.908. The molecule has 0 saturated carbocycles. The summed E-state index contributed by atoms with van der Waals surface area (Å²) in [5.41, 5.74) is 6.25. The average Bonchev–Trinajstić information content (AvgIpc) is 2.41. The van der Waals surface area contributed by atoms with E-state index < -0.39 is 12.0 Å². The summed E-state index contributed by atoms with van der Waals surface area (Å²) in [5.74, 6) is 0.161. The monoisotopic (exact) mass is 291 g/mol. The minimum absolute atomic E-state index is 0.281. The first-order valence-electron chi connectivity index (χ1n) is 6.03. The Hall–Kier alpha value is -2.04. The summed E-state index contributed by atoms with van der Waals surface area (Å²) in [5, 5.41) is 9.83. The predicted octanol–water partition coefficient (Wildman–Crippen LogP) is 3.28. The van der Waals surface area contributed by atoms with Gasteiger partial charge in [-0.1, -0.05) is 29.8 Å². The topological polar surface area (TPSA) is 72.6 Å². The van der Waals surface area contributed by atoms with Crippen LogP contribution in [0.5, 0.6) is 11.5 Å². The number of primary amides is 1. The second-order valence-electron chi connectivity index (χ2n) is 4.33. The van der Waals surface area contributed by atoms with E-state index in [0.717, 1.165) is 0 Å². The molecule has 2 aromatic carbocycles. The van der Waals surface area contributed by atoms with Crippen LogP contribution in [0.15, 0.2) is 42.5 Å². The first kappa shape index (κ1) is 14.4. The largest absolute Gasteiger partial charge is 0.455 e. The highest BCUT2D eigenvalue weighted by molar-refractivity contribution is 6.32. The molecule has 2 rings (SSSR count). The van der Waals surface area contributed by atoms with Crippen LogP contribution in [0, 0.1) is 0 Å². The smallest absolute Gasteiger partial charge is 0.252 e. The number of halogens is 1. The maximum absolute atomic E-state index is 11.3. The molecule has 0 aliphatic carbocycles. The Morgan fingerprint density at radius 1 is 1.25 bits per heavy atom. The number of hydrogen-bond donors (Lipinski definition) is 2. The number of hydrogen-bond acceptors (Lipinski definition) is 3. The van der Waals surface area contributed by atoms with Crippen molar-refractivity contribution in [1.82, 2.24) is 0 Å². The number of carbonyl (C=O) groups excluding carboxylic acids is 1. The zero-order valence-corrected chi connectivity index (χ0v) is 11.6. The number of benzene rings is 2. The number of para-hydroxylation sites is 1. The van der Waals surface area contributed by atoms with E-state index in [1.54, 1.807) is 49.4 Å². The highest BCUT2D eigenvalue weighted by atomic mass is 35.5. The Kier molecular flexibility index (Phi) is 4.27. The van der Waals surface area contributed by atoms with Gasteiger partial charge in [0.2, 0.25) is 0 Å². The molecule has 0 radical (unpaired) electrons. The molecular formula is C15H14ClNO3. The zero-order valence-electron chi connectivity index (χ0n) is 10.8. The second-order valence-corrected chi connectivity index (χ2v) is 4.74. The van der Waals surface area contributed by atoms with Gasteiger partial charge < -0.3 is 15.6 Å². The van der Waals surface area contributed by atoms with Gasteiger partial charge in [0.1, 0.15) is 11.5 Å². The zero-order chi connectivity index (χ0) is 14.7. The Labute approximate surface area is 121 Å². The van der Waals surface area contributed by atoms with Crippen LogP contribution in [0.3, 0.4) is 0 Å². The van der Waals surface area contributed by atoms with Gasteiger partial charge in [0.25, 0.3) is 5.91 Å². The standard InChI is InChI=1S/C15H14ClNO3/c1-9(18)10-6-7-14(12(16)8-10)20-13-5-3-2-4-11(13)15(17)19/h2-9,18H,1H3,(H2,17,19). The van der Waals surface area contributed by atoms with Gasteiger partial charge in [-0.2, -0.15) is 0 Å². The molecule has 0 aromatic heterocycles. The Bertz CT molecular complexity index is 641. The first-order chi connectivity index (χ1) is 9.49. The first-order valence-corrected chi connectivity index (χ1v) is 6.41. The van der Waals surface area contributed by atoms with Crippen LogP contribution in [0.4, 0.5) is 0 Å². The number of rotatable bonds is 4. The molecule has 0 aliphatic rings. The molecule has 0 bridgehead atoms. The van der Waals surface area contributed by atoms with Gasteiger partial charge in [0.15, 0.2) is 0 Å². The van der Waals surface area contributed by atoms with Gasteiger partial charge in [-0.15, -0.1) is 0 Å². The fourth-order valence-electron chi connectivity index (χ4n) is 1.74. The molecule has 4 nitrogen and oxygen atoms in total. The number of amides is 1. The SMILES string of the molecule is CC(O)c1ccc(Oc2ccccc2C(N)=O)c(Cl)c1. The van der Waals surface area contributed by atoms with Crippen molar-refractivity contribution in [2.45, 2.75) is 13.0 Å². The van der Waals surface area contributed by atoms with Gasteiger partial charge in [0.05, 0.1) is 16.7 Å². The molecule has 1 amide bonds. The molecule has 0 spiro atoms. The summed E-state index contributed by atoms with van der Waals surface area (Å²) in [6.07, 6.45) is -0.612. The van der Waals surface area contributed by atoms with Crippen molar-refractivity contribution in [3.8, 4) is 11.5 Å². The van der Waals surface area contributed by atoms with E-state index in [-0.39, 0.29) is 5.56 Å². The molecule has 1 atom stereocenters. The summed E-state index contributed by atoms with van der Waals surface area (Å²) in [6.45, 7) is 1.65. The van der Waals surface area contributed by atoms with E-state index in [2.05, 4.69) is 0 Å². The van der Waals surface area contributed by atoms with Gasteiger partial charge >= 0.3 is 0 Å². The van der Waals surface area contributed by atoms with Crippen molar-refractivity contribution in [2.75, 3.05) is 0 Å². The van der Waals surface area contributed by atoms with E-state index >= 15 is 0 Å². The fourth-order valence-corrected chi connectivity index (χ4v) is 1.96. The molecule has 0 fully saturated rings. The van der Waals surface area contributed by atoms with E-state index in [1.165, 1.54) is 0 Å². The molecule has 20 heavy (non-hydrogen) atoms. The molecule has 0 saturated heterocycles. The highest BCUT2D eigenvalue weighted by Gasteiger charge is 2.12. The normalized spacial score (nSPS) is 11.9. The maximum atomic E-state index is 11.3. The van der Waals surface area contributed by atoms with Gasteiger partial charge in [0, 0.05) is 0 Å². The van der Waals surface area contributed by atoms with Crippen molar-refractivity contribution in [3.05, 3.63) is 58.6 Å². The predicted molar refractivity (Wildman–Crippen MR) is 77.1 cm³/mol. The summed E-state index contributed by atoms with van der Waals surface area (Å²) in [6, 6.07) is 11.6. The van der Waals surface area contributed by atoms with Crippen LogP contribution in [0.25, 0.3) is 0 Å². The molecule has 104 valence electrons. The molecular weight excluding hydrogens is 278 g/mol. The lowest BCUT2D eigenvalue weighted by Crippen LogP contribution is -2.12. The average molecular weight is 292 g/mol. The molecule has 0 aliphatic heterocycles. The highest BCUT2D eigenvalue weighted by Crippen LogP contribution is 2.33. The Morgan fingerprint density at radius 2 is 1.95 bits per heavy atom. The minimum Gasteiger partial charge on any atom is -0.455 e. The summed E-state index contributed by atoms with van der Waals surface area (Å²) >= 11 is 6.10. The molecule has 5 heteroatoms. The van der Waals surface area contributed by atoms with Crippen molar-refractivity contribution in [1.29, 1.82) is 0 Å². The Morgan fingerprint density at radius 3 is 2.55 bits per heavy atom. The summed E-state index contributed by atoms with van der Waals surface area (Å²) < 4.78 is 5.62. The van der Waals surface area contributed by atoms with Gasteiger partial charge in [-0.3, -0.25) is 4.79 Å². The summed E-state index contributed by atoms with van der Waals surface area (Å²) in [4.78, 5) is 11.3. The number of carbonyl (C=O) groups is 1. The van der Waals surface area contributed by atoms with Gasteiger partial charge in [-0.05, 0) is 36.8 Å². The third kappa shape index (κ3) is 3.10. The van der Waals surface area contributed by atoms with E-state index in [9.17, 15) is 9.90 Å². The van der Waals surface area contributed by atoms with Crippen LogP contribution in [-0.4, -0.2) is 11.0 Å². The number of ether oxygens (including phenoxy) is 1. The molecule has 2 aromatic rings. The van der Waals surface area contributed by atoms with E-state index in [0.29, 0.717) is 22.1 Å². The minimum atomic E-state index is -0.612. The lowest BCUT2D eigenvalue weighted by molar-refractivity contribution is 0.0998. The third-order valence-corrected chi connectivity index (χ3v) is 3.11.